The van der Waals surface area contributed by atoms with E-state index >= 15 is 0 Å². The Kier molecular flexibility index (Phi) is 5.17. The quantitative estimate of drug-likeness (QED) is 0.723. The van der Waals surface area contributed by atoms with Crippen LogP contribution in [0.1, 0.15) is 49.2 Å². The third-order valence-corrected chi connectivity index (χ3v) is 5.52. The van der Waals surface area contributed by atoms with E-state index in [1.54, 1.807) is 18.4 Å². The van der Waals surface area contributed by atoms with E-state index in [1.807, 2.05) is 11.0 Å². The Balaban J connectivity index is 1.83. The minimum Gasteiger partial charge on any atom is -0.463 e. The SMILES string of the molecule is CCCc1noc2nc(-c3ccco3)cc(C(=O)N3CCC(C)CC3CN)c12. The number of piperidine rings is 1. The van der Waals surface area contributed by atoms with Crippen molar-refractivity contribution < 1.29 is 13.7 Å². The summed E-state index contributed by atoms with van der Waals surface area (Å²) in [6, 6.07) is 5.45. The zero-order valence-electron chi connectivity index (χ0n) is 16.4. The number of pyridine rings is 1. The predicted molar refractivity (Wildman–Crippen MR) is 106 cm³/mol. The van der Waals surface area contributed by atoms with Gasteiger partial charge in [0.15, 0.2) is 5.76 Å². The molecular weight excluding hydrogens is 356 g/mol. The molecule has 0 spiro atoms. The number of aryl methyl sites for hydroxylation is 1. The van der Waals surface area contributed by atoms with Crippen LogP contribution < -0.4 is 5.73 Å². The molecule has 148 valence electrons. The van der Waals surface area contributed by atoms with Crippen LogP contribution in [0, 0.1) is 5.92 Å². The molecule has 1 amide bonds. The van der Waals surface area contributed by atoms with Gasteiger partial charge in [0.05, 0.1) is 22.9 Å². The highest BCUT2D eigenvalue weighted by Gasteiger charge is 2.32. The monoisotopic (exact) mass is 382 g/mol. The standard InChI is InChI=1S/C21H26N4O3/c1-3-5-16-19-15(21(26)25-8-7-13(2)10-14(25)12-22)11-17(18-6-4-9-27-18)23-20(19)28-24-16/h4,6,9,11,13-14H,3,5,7-8,10,12,22H2,1-2H3. The third kappa shape index (κ3) is 3.30. The van der Waals surface area contributed by atoms with Crippen molar-refractivity contribution in [2.24, 2.45) is 11.7 Å². The van der Waals surface area contributed by atoms with Crippen molar-refractivity contribution >= 4 is 17.0 Å². The Morgan fingerprint density at radius 3 is 3.00 bits per heavy atom. The highest BCUT2D eigenvalue weighted by atomic mass is 16.5. The molecule has 1 aliphatic heterocycles. The number of hydrogen-bond acceptors (Lipinski definition) is 6. The number of aromatic nitrogens is 2. The number of carbonyl (C=O) groups is 1. The first-order valence-corrected chi connectivity index (χ1v) is 9.96. The molecule has 0 saturated carbocycles. The molecule has 0 bridgehead atoms. The van der Waals surface area contributed by atoms with Gasteiger partial charge in [-0.2, -0.15) is 0 Å². The minimum atomic E-state index is -0.0388. The molecule has 28 heavy (non-hydrogen) atoms. The molecule has 4 heterocycles. The molecule has 4 rings (SSSR count). The fourth-order valence-electron chi connectivity index (χ4n) is 4.03. The van der Waals surface area contributed by atoms with E-state index < -0.39 is 0 Å². The first-order valence-electron chi connectivity index (χ1n) is 9.96. The van der Waals surface area contributed by atoms with Gasteiger partial charge in [-0.05, 0) is 43.4 Å². The van der Waals surface area contributed by atoms with Crippen molar-refractivity contribution in [2.75, 3.05) is 13.1 Å². The number of amides is 1. The Bertz CT molecular complexity index is 964. The van der Waals surface area contributed by atoms with Gasteiger partial charge in [-0.3, -0.25) is 4.79 Å². The van der Waals surface area contributed by atoms with Crippen molar-refractivity contribution in [3.63, 3.8) is 0 Å². The molecule has 2 N–H and O–H groups in total. The van der Waals surface area contributed by atoms with Crippen LogP contribution in [0.4, 0.5) is 0 Å². The minimum absolute atomic E-state index is 0.0388. The molecule has 1 saturated heterocycles. The van der Waals surface area contributed by atoms with Crippen LogP contribution in [-0.4, -0.2) is 40.1 Å². The average Bonchev–Trinajstić information content (AvgIpc) is 3.37. The van der Waals surface area contributed by atoms with Gasteiger partial charge in [0.2, 0.25) is 0 Å². The maximum atomic E-state index is 13.6. The largest absolute Gasteiger partial charge is 0.463 e. The predicted octanol–water partition coefficient (Wildman–Crippen LogP) is 3.63. The zero-order chi connectivity index (χ0) is 19.7. The number of hydrogen-bond donors (Lipinski definition) is 1. The molecule has 7 nitrogen and oxygen atoms in total. The number of nitrogens with zero attached hydrogens (tertiary/aromatic N) is 3. The molecule has 3 aromatic rings. The second-order valence-corrected chi connectivity index (χ2v) is 7.61. The van der Waals surface area contributed by atoms with E-state index in [0.717, 1.165) is 31.4 Å². The molecule has 3 aromatic heterocycles. The van der Waals surface area contributed by atoms with Crippen LogP contribution in [0.5, 0.6) is 0 Å². The van der Waals surface area contributed by atoms with E-state index in [2.05, 4.69) is 24.0 Å². The number of carbonyl (C=O) groups excluding carboxylic acids is 1. The first kappa shape index (κ1) is 18.7. The highest BCUT2D eigenvalue weighted by Crippen LogP contribution is 2.31. The first-order chi connectivity index (χ1) is 13.6. The Morgan fingerprint density at radius 2 is 2.29 bits per heavy atom. The summed E-state index contributed by atoms with van der Waals surface area (Å²) in [5.74, 6) is 1.12. The van der Waals surface area contributed by atoms with E-state index in [4.69, 9.17) is 14.7 Å². The van der Waals surface area contributed by atoms with Gasteiger partial charge in [-0.1, -0.05) is 25.4 Å². The summed E-state index contributed by atoms with van der Waals surface area (Å²) in [7, 11) is 0. The molecule has 2 unspecified atom stereocenters. The van der Waals surface area contributed by atoms with Crippen LogP contribution in [0.25, 0.3) is 22.6 Å². The molecule has 7 heteroatoms. The van der Waals surface area contributed by atoms with Crippen molar-refractivity contribution in [3.05, 3.63) is 35.7 Å². The summed E-state index contributed by atoms with van der Waals surface area (Å²) in [5.41, 5.74) is 8.27. The summed E-state index contributed by atoms with van der Waals surface area (Å²) in [4.78, 5) is 20.1. The van der Waals surface area contributed by atoms with E-state index in [0.29, 0.717) is 47.1 Å². The summed E-state index contributed by atoms with van der Waals surface area (Å²) in [6.07, 6.45) is 5.12. The molecular formula is C21H26N4O3. The van der Waals surface area contributed by atoms with Gasteiger partial charge in [0, 0.05) is 19.1 Å². The van der Waals surface area contributed by atoms with Gasteiger partial charge in [-0.15, -0.1) is 0 Å². The van der Waals surface area contributed by atoms with Crippen LogP contribution in [0.3, 0.4) is 0 Å². The smallest absolute Gasteiger partial charge is 0.259 e. The maximum absolute atomic E-state index is 13.6. The van der Waals surface area contributed by atoms with Crippen LogP contribution in [0.2, 0.25) is 0 Å². The Morgan fingerprint density at radius 1 is 1.43 bits per heavy atom. The fraction of sp³-hybridized carbons (Fsp3) is 0.476. The van der Waals surface area contributed by atoms with E-state index in [9.17, 15) is 4.79 Å². The number of nitrogens with two attached hydrogens (primary N) is 1. The molecule has 0 aromatic carbocycles. The highest BCUT2D eigenvalue weighted by molar-refractivity contribution is 6.07. The van der Waals surface area contributed by atoms with Gasteiger partial charge in [0.25, 0.3) is 11.6 Å². The Labute approximate surface area is 163 Å². The lowest BCUT2D eigenvalue weighted by atomic mass is 9.91. The Hall–Kier alpha value is -2.67. The molecule has 1 aliphatic rings. The second-order valence-electron chi connectivity index (χ2n) is 7.61. The van der Waals surface area contributed by atoms with Crippen molar-refractivity contribution in [2.45, 2.75) is 45.6 Å². The second kappa shape index (κ2) is 7.75. The normalized spacial score (nSPS) is 20.0. The van der Waals surface area contributed by atoms with Gasteiger partial charge in [-0.25, -0.2) is 4.98 Å². The van der Waals surface area contributed by atoms with E-state index in [1.165, 1.54) is 0 Å². The third-order valence-electron chi connectivity index (χ3n) is 5.52. The van der Waals surface area contributed by atoms with Gasteiger partial charge < -0.3 is 19.6 Å². The van der Waals surface area contributed by atoms with Crippen LogP contribution in [0.15, 0.2) is 33.4 Å². The topological polar surface area (TPSA) is 98.4 Å². The number of rotatable bonds is 5. The van der Waals surface area contributed by atoms with Gasteiger partial charge in [0.1, 0.15) is 5.69 Å². The van der Waals surface area contributed by atoms with Crippen molar-refractivity contribution in [3.8, 4) is 11.5 Å². The maximum Gasteiger partial charge on any atom is 0.259 e. The van der Waals surface area contributed by atoms with Crippen molar-refractivity contribution in [1.29, 1.82) is 0 Å². The van der Waals surface area contributed by atoms with E-state index in [-0.39, 0.29) is 11.9 Å². The summed E-state index contributed by atoms with van der Waals surface area (Å²) in [6.45, 7) is 5.45. The summed E-state index contributed by atoms with van der Waals surface area (Å²) in [5, 5.41) is 4.89. The number of likely N-dealkylation sites (tertiary alicyclic amines) is 1. The molecule has 0 aliphatic carbocycles. The summed E-state index contributed by atoms with van der Waals surface area (Å²) < 4.78 is 11.0. The summed E-state index contributed by atoms with van der Waals surface area (Å²) >= 11 is 0. The fourth-order valence-corrected chi connectivity index (χ4v) is 4.03. The van der Waals surface area contributed by atoms with Crippen molar-refractivity contribution in [1.82, 2.24) is 15.0 Å². The lowest BCUT2D eigenvalue weighted by Gasteiger charge is -2.38. The molecule has 1 fully saturated rings. The molecule has 0 radical (unpaired) electrons. The molecule has 2 atom stereocenters. The zero-order valence-corrected chi connectivity index (χ0v) is 16.4. The van der Waals surface area contributed by atoms with Gasteiger partial charge >= 0.3 is 0 Å². The number of furan rings is 1. The number of fused-ring (bicyclic) bond motifs is 1. The van der Waals surface area contributed by atoms with Crippen LogP contribution >= 0.6 is 0 Å². The lowest BCUT2D eigenvalue weighted by Crippen LogP contribution is -2.49. The lowest BCUT2D eigenvalue weighted by molar-refractivity contribution is 0.0575. The van der Waals surface area contributed by atoms with Crippen LogP contribution in [-0.2, 0) is 6.42 Å². The average molecular weight is 382 g/mol.